The van der Waals surface area contributed by atoms with Crippen molar-refractivity contribution in [3.8, 4) is 11.8 Å². The van der Waals surface area contributed by atoms with Crippen molar-refractivity contribution < 1.29 is 22.4 Å². The van der Waals surface area contributed by atoms with Crippen molar-refractivity contribution in [1.82, 2.24) is 0 Å². The molecule has 2 rings (SSSR count). The summed E-state index contributed by atoms with van der Waals surface area (Å²) in [5.41, 5.74) is -0.0409. The van der Waals surface area contributed by atoms with Crippen molar-refractivity contribution in [2.24, 2.45) is 5.92 Å². The van der Waals surface area contributed by atoms with Crippen molar-refractivity contribution in [2.75, 3.05) is 6.54 Å². The van der Waals surface area contributed by atoms with E-state index in [1.54, 1.807) is 0 Å². The summed E-state index contributed by atoms with van der Waals surface area (Å²) in [4.78, 5) is 1.47. The van der Waals surface area contributed by atoms with Gasteiger partial charge in [0.25, 0.3) is 0 Å². The number of rotatable bonds is 5. The Kier molecular flexibility index (Phi) is 9.00. The van der Waals surface area contributed by atoms with Gasteiger partial charge in [-0.15, -0.1) is 0 Å². The Labute approximate surface area is 160 Å². The predicted molar refractivity (Wildman–Crippen MR) is 101 cm³/mol. The van der Waals surface area contributed by atoms with Gasteiger partial charge >= 0.3 is 0 Å². The minimum Gasteiger partial charge on any atom is -1.00 e. The second-order valence-corrected chi connectivity index (χ2v) is 7.83. The fraction of sp³-hybridized carbons (Fsp3) is 0.636. The topological polar surface area (TPSA) is 24.7 Å². The molecule has 0 radical (unpaired) electrons. The molecule has 0 saturated heterocycles. The Balaban J connectivity index is 0.00000312. The smallest absolute Gasteiger partial charge is 0.153 e. The maximum atomic E-state index is 11.5. The third-order valence-electron chi connectivity index (χ3n) is 5.46. The second kappa shape index (κ2) is 10.2. The molecular formula is C22H34ClNO. The largest absolute Gasteiger partial charge is 1.00 e. The van der Waals surface area contributed by atoms with Crippen LogP contribution in [0.15, 0.2) is 30.3 Å². The summed E-state index contributed by atoms with van der Waals surface area (Å²) in [5, 5.41) is 11.5. The van der Waals surface area contributed by atoms with Crippen LogP contribution in [0.1, 0.15) is 65.4 Å². The zero-order chi connectivity index (χ0) is 17.6. The monoisotopic (exact) mass is 363 g/mol. The Hall–Kier alpha value is -1.01. The first kappa shape index (κ1) is 22.0. The highest BCUT2D eigenvalue weighted by atomic mass is 35.5. The van der Waals surface area contributed by atoms with E-state index in [4.69, 9.17) is 0 Å². The zero-order valence-electron chi connectivity index (χ0n) is 16.2. The first-order valence-electron chi connectivity index (χ1n) is 9.58. The number of aliphatic hydroxyl groups is 1. The van der Waals surface area contributed by atoms with Gasteiger partial charge in [-0.3, -0.25) is 0 Å². The highest BCUT2D eigenvalue weighted by molar-refractivity contribution is 5.33. The number of quaternary nitrogens is 1. The number of nitrogens with one attached hydrogen (secondary N) is 1. The van der Waals surface area contributed by atoms with Crippen LogP contribution in [0.2, 0.25) is 0 Å². The van der Waals surface area contributed by atoms with Gasteiger partial charge < -0.3 is 22.4 Å². The molecule has 0 amide bonds. The summed E-state index contributed by atoms with van der Waals surface area (Å²) < 4.78 is 0. The van der Waals surface area contributed by atoms with Crippen LogP contribution < -0.4 is 17.3 Å². The van der Waals surface area contributed by atoms with Crippen molar-refractivity contribution in [1.29, 1.82) is 0 Å². The maximum absolute atomic E-state index is 11.5. The Morgan fingerprint density at radius 1 is 1.04 bits per heavy atom. The van der Waals surface area contributed by atoms with E-state index in [0.717, 1.165) is 24.9 Å². The van der Waals surface area contributed by atoms with Crippen LogP contribution in [0.5, 0.6) is 0 Å². The molecule has 1 fully saturated rings. The average Bonchev–Trinajstić information content (AvgIpc) is 2.59. The SMILES string of the molecule is CC(C)[NH+](CC#CC(O)(c1ccccc1)C1CCCCC1)C(C)C.[Cl-]. The third kappa shape index (κ3) is 5.74. The van der Waals surface area contributed by atoms with E-state index in [9.17, 15) is 5.11 Å². The standard InChI is InChI=1S/C22H33NO.ClH/c1-18(2)23(19(3)4)17-11-16-22(24,20-12-7-5-8-13-20)21-14-9-6-10-15-21;/h5,7-8,12-13,18-19,21,24H,6,9-10,14-15,17H2,1-4H3;1H. The van der Waals surface area contributed by atoms with Crippen molar-refractivity contribution in [3.05, 3.63) is 35.9 Å². The molecule has 3 heteroatoms. The Morgan fingerprint density at radius 2 is 1.60 bits per heavy atom. The van der Waals surface area contributed by atoms with E-state index < -0.39 is 5.60 Å². The van der Waals surface area contributed by atoms with Gasteiger partial charge in [0.1, 0.15) is 6.54 Å². The summed E-state index contributed by atoms with van der Waals surface area (Å²) in [6.45, 7) is 9.74. The van der Waals surface area contributed by atoms with Gasteiger partial charge in [0.2, 0.25) is 0 Å². The van der Waals surface area contributed by atoms with E-state index in [2.05, 4.69) is 39.5 Å². The highest BCUT2D eigenvalue weighted by Gasteiger charge is 2.37. The first-order chi connectivity index (χ1) is 11.4. The number of benzene rings is 1. The molecule has 1 aromatic rings. The van der Waals surface area contributed by atoms with Gasteiger partial charge in [-0.05, 0) is 52.0 Å². The van der Waals surface area contributed by atoms with Crippen molar-refractivity contribution >= 4 is 0 Å². The fourth-order valence-corrected chi connectivity index (χ4v) is 3.98. The van der Waals surface area contributed by atoms with Crippen LogP contribution in [0.25, 0.3) is 0 Å². The predicted octanol–water partition coefficient (Wildman–Crippen LogP) is 0.164. The molecule has 2 nitrogen and oxygen atoms in total. The quantitative estimate of drug-likeness (QED) is 0.716. The van der Waals surface area contributed by atoms with Gasteiger partial charge in [0.15, 0.2) is 5.60 Å². The van der Waals surface area contributed by atoms with Gasteiger partial charge in [-0.25, -0.2) is 0 Å². The van der Waals surface area contributed by atoms with Gasteiger partial charge in [-0.2, -0.15) is 0 Å². The molecule has 0 bridgehead atoms. The molecule has 1 unspecified atom stereocenters. The summed E-state index contributed by atoms with van der Waals surface area (Å²) in [6.07, 6.45) is 5.84. The van der Waals surface area contributed by atoms with Crippen LogP contribution in [0.4, 0.5) is 0 Å². The molecule has 1 saturated carbocycles. The average molecular weight is 364 g/mol. The molecule has 1 aliphatic rings. The molecule has 0 spiro atoms. The lowest BCUT2D eigenvalue weighted by molar-refractivity contribution is -0.935. The molecule has 25 heavy (non-hydrogen) atoms. The molecule has 1 aliphatic carbocycles. The van der Waals surface area contributed by atoms with Crippen molar-refractivity contribution in [2.45, 2.75) is 77.5 Å². The number of hydrogen-bond acceptors (Lipinski definition) is 1. The van der Waals surface area contributed by atoms with Crippen LogP contribution in [-0.4, -0.2) is 23.7 Å². The number of hydrogen-bond donors (Lipinski definition) is 2. The molecule has 0 heterocycles. The number of halogens is 1. The van der Waals surface area contributed by atoms with E-state index in [1.165, 1.54) is 24.2 Å². The van der Waals surface area contributed by atoms with Gasteiger partial charge in [0.05, 0.1) is 12.1 Å². The van der Waals surface area contributed by atoms with Crippen LogP contribution in [0, 0.1) is 17.8 Å². The van der Waals surface area contributed by atoms with Crippen LogP contribution in [-0.2, 0) is 5.60 Å². The van der Waals surface area contributed by atoms with Crippen LogP contribution >= 0.6 is 0 Å². The van der Waals surface area contributed by atoms with E-state index in [0.29, 0.717) is 12.1 Å². The third-order valence-corrected chi connectivity index (χ3v) is 5.46. The Bertz CT molecular complexity index is 546. The van der Waals surface area contributed by atoms with Crippen molar-refractivity contribution in [3.63, 3.8) is 0 Å². The molecule has 2 N–H and O–H groups in total. The zero-order valence-corrected chi connectivity index (χ0v) is 16.9. The first-order valence-corrected chi connectivity index (χ1v) is 9.58. The molecule has 140 valence electrons. The summed E-state index contributed by atoms with van der Waals surface area (Å²) >= 11 is 0. The molecule has 1 atom stereocenters. The van der Waals surface area contributed by atoms with E-state index in [1.807, 2.05) is 30.3 Å². The van der Waals surface area contributed by atoms with E-state index >= 15 is 0 Å². The Morgan fingerprint density at radius 3 is 2.12 bits per heavy atom. The summed E-state index contributed by atoms with van der Waals surface area (Å²) in [6, 6.07) is 11.1. The molecule has 1 aromatic carbocycles. The second-order valence-electron chi connectivity index (χ2n) is 7.83. The minimum atomic E-state index is -0.999. The lowest BCUT2D eigenvalue weighted by Crippen LogP contribution is -3.17. The molecule has 0 aromatic heterocycles. The lowest BCUT2D eigenvalue weighted by atomic mass is 9.73. The minimum absolute atomic E-state index is 0. The maximum Gasteiger partial charge on any atom is 0.153 e. The highest BCUT2D eigenvalue weighted by Crippen LogP contribution is 2.38. The summed E-state index contributed by atoms with van der Waals surface area (Å²) in [7, 11) is 0. The molecular weight excluding hydrogens is 330 g/mol. The normalized spacial score (nSPS) is 17.8. The van der Waals surface area contributed by atoms with Crippen LogP contribution in [0.3, 0.4) is 0 Å². The molecule has 0 aliphatic heterocycles. The van der Waals surface area contributed by atoms with Gasteiger partial charge in [-0.1, -0.05) is 55.5 Å². The fourth-order valence-electron chi connectivity index (χ4n) is 3.98. The lowest BCUT2D eigenvalue weighted by Gasteiger charge is -2.35. The van der Waals surface area contributed by atoms with E-state index in [-0.39, 0.29) is 18.3 Å². The summed E-state index contributed by atoms with van der Waals surface area (Å²) in [5.74, 6) is 6.91. The van der Waals surface area contributed by atoms with Gasteiger partial charge in [0, 0.05) is 5.92 Å².